The Labute approximate surface area is 134 Å². The highest BCUT2D eigenvalue weighted by atomic mass is 16.3. The van der Waals surface area contributed by atoms with E-state index in [4.69, 9.17) is 8.22 Å². The van der Waals surface area contributed by atoms with Gasteiger partial charge in [-0.2, -0.15) is 0 Å². The number of benzene rings is 1. The molecule has 3 aliphatic rings. The lowest BCUT2D eigenvalue weighted by Gasteiger charge is -2.49. The second kappa shape index (κ2) is 4.47. The second-order valence-electron chi connectivity index (χ2n) is 6.78. The number of rotatable bonds is 0. The minimum Gasteiger partial charge on any atom is -0.508 e. The molecule has 6 atom stereocenters. The first-order chi connectivity index (χ1) is 12.3. The molecule has 0 heterocycles. The van der Waals surface area contributed by atoms with Gasteiger partial charge in [-0.25, -0.2) is 0 Å². The van der Waals surface area contributed by atoms with Crippen LogP contribution in [0.1, 0.15) is 57.8 Å². The van der Waals surface area contributed by atoms with Crippen LogP contribution in [0.15, 0.2) is 18.2 Å². The highest BCUT2D eigenvalue weighted by molar-refractivity contribution is 5.40. The molecule has 3 heteroatoms. The molecule has 1 aromatic rings. The number of phenolic OH excluding ortho intramolecular Hbond substituents is 1. The van der Waals surface area contributed by atoms with Crippen LogP contribution in [0.3, 0.4) is 0 Å². The molecule has 2 fully saturated rings. The molecule has 1 aromatic carbocycles. The molecular weight excluding hydrogens is 264 g/mol. The van der Waals surface area contributed by atoms with Gasteiger partial charge in [0, 0.05) is 2.74 Å². The lowest BCUT2D eigenvalue weighted by atomic mass is 9.55. The van der Waals surface area contributed by atoms with E-state index in [1.807, 2.05) is 0 Å². The summed E-state index contributed by atoms with van der Waals surface area (Å²) in [5, 5.41) is 31.2. The van der Waals surface area contributed by atoms with Gasteiger partial charge in [-0.1, -0.05) is 13.0 Å². The minimum atomic E-state index is -2.95. The minimum absolute atomic E-state index is 0.0623. The van der Waals surface area contributed by atoms with Gasteiger partial charge in [0.15, 0.2) is 0 Å². The van der Waals surface area contributed by atoms with Crippen LogP contribution in [0.5, 0.6) is 5.75 Å². The quantitative estimate of drug-likeness (QED) is 0.689. The zero-order valence-corrected chi connectivity index (χ0v) is 12.0. The van der Waals surface area contributed by atoms with Crippen molar-refractivity contribution >= 4 is 0 Å². The van der Waals surface area contributed by atoms with Crippen molar-refractivity contribution < 1.29 is 23.5 Å². The summed E-state index contributed by atoms with van der Waals surface area (Å²) in [5.41, 5.74) is 0.121. The Morgan fingerprint density at radius 1 is 1.43 bits per heavy atom. The zero-order chi connectivity index (χ0) is 20.2. The van der Waals surface area contributed by atoms with Crippen molar-refractivity contribution in [2.45, 2.75) is 57.1 Å². The molecule has 3 N–H and O–H groups in total. The maximum Gasteiger partial charge on any atom is 0.115 e. The van der Waals surface area contributed by atoms with Gasteiger partial charge in [0.2, 0.25) is 0 Å². The van der Waals surface area contributed by atoms with E-state index in [-0.39, 0.29) is 36.1 Å². The molecule has 3 nitrogen and oxygen atoms in total. The average Bonchev–Trinajstić information content (AvgIpc) is 2.66. The fraction of sp³-hybridized carbons (Fsp3) is 0.667. The molecule has 2 unspecified atom stereocenters. The average molecular weight is 294 g/mol. The SMILES string of the molecule is [2H]c1cc2c(c([2H])c1O)CC[C@@H]1C2CC[C@@]2(C)C1C([2H])([2H])[C@@]([2H])(O)[C@@]2([2H])O. The van der Waals surface area contributed by atoms with E-state index in [0.717, 1.165) is 5.56 Å². The van der Waals surface area contributed by atoms with E-state index in [1.165, 1.54) is 6.07 Å². The van der Waals surface area contributed by atoms with Crippen molar-refractivity contribution in [3.8, 4) is 5.75 Å². The Morgan fingerprint density at radius 2 is 2.24 bits per heavy atom. The molecular formula is C18H24O3. The molecule has 0 amide bonds. The molecule has 114 valence electrons. The summed E-state index contributed by atoms with van der Waals surface area (Å²) < 4.78 is 49.4. The molecule has 0 bridgehead atoms. The van der Waals surface area contributed by atoms with Crippen molar-refractivity contribution in [3.05, 3.63) is 29.3 Å². The third kappa shape index (κ3) is 1.80. The number of hydrogen-bond donors (Lipinski definition) is 3. The maximum atomic E-state index is 10.7. The van der Waals surface area contributed by atoms with Crippen molar-refractivity contribution in [1.82, 2.24) is 0 Å². The summed E-state index contributed by atoms with van der Waals surface area (Å²) in [4.78, 5) is 0. The zero-order valence-electron chi connectivity index (χ0n) is 18.0. The molecule has 21 heavy (non-hydrogen) atoms. The van der Waals surface area contributed by atoms with Crippen molar-refractivity contribution in [2.24, 2.45) is 17.3 Å². The molecule has 0 spiro atoms. The highest BCUT2D eigenvalue weighted by Crippen LogP contribution is 2.60. The molecule has 4 rings (SSSR count). The molecule has 3 aliphatic carbocycles. The van der Waals surface area contributed by atoms with Gasteiger partial charge in [0.05, 0.1) is 17.6 Å². The van der Waals surface area contributed by atoms with Gasteiger partial charge in [0.25, 0.3) is 0 Å². The molecule has 0 radical (unpaired) electrons. The Kier molecular flexibility index (Phi) is 1.82. The Morgan fingerprint density at radius 3 is 3.05 bits per heavy atom. The number of aromatic hydroxyl groups is 1. The third-order valence-electron chi connectivity index (χ3n) is 5.77. The van der Waals surface area contributed by atoms with Crippen LogP contribution in [-0.4, -0.2) is 27.5 Å². The largest absolute Gasteiger partial charge is 0.508 e. The lowest BCUT2D eigenvalue weighted by Crippen LogP contribution is -2.44. The fourth-order valence-corrected chi connectivity index (χ4v) is 4.63. The van der Waals surface area contributed by atoms with Crippen LogP contribution in [0.2, 0.25) is 0 Å². The number of hydrogen-bond acceptors (Lipinski definition) is 3. The van der Waals surface area contributed by atoms with Crippen LogP contribution in [0.4, 0.5) is 0 Å². The Balaban J connectivity index is 1.87. The van der Waals surface area contributed by atoms with Crippen LogP contribution < -0.4 is 0 Å². The molecule has 0 aliphatic heterocycles. The summed E-state index contributed by atoms with van der Waals surface area (Å²) in [7, 11) is 0. The van der Waals surface area contributed by atoms with Crippen LogP contribution >= 0.6 is 0 Å². The van der Waals surface area contributed by atoms with E-state index < -0.39 is 29.9 Å². The number of phenols is 1. The molecule has 2 saturated carbocycles. The van der Waals surface area contributed by atoms with E-state index >= 15 is 0 Å². The normalized spacial score (nSPS) is 58.3. The van der Waals surface area contributed by atoms with Gasteiger partial charge in [-0.05, 0) is 78.4 Å². The summed E-state index contributed by atoms with van der Waals surface area (Å²) >= 11 is 0. The Hall–Kier alpha value is -1.06. The predicted octanol–water partition coefficient (Wildman–Crippen LogP) is 2.58. The van der Waals surface area contributed by atoms with Crippen LogP contribution in [0, 0.1) is 17.3 Å². The molecule has 0 saturated heterocycles. The van der Waals surface area contributed by atoms with E-state index in [9.17, 15) is 15.3 Å². The summed E-state index contributed by atoms with van der Waals surface area (Å²) in [6.07, 6.45) is -6.43. The van der Waals surface area contributed by atoms with Crippen molar-refractivity contribution in [2.75, 3.05) is 0 Å². The van der Waals surface area contributed by atoms with Crippen LogP contribution in [-0.2, 0) is 6.42 Å². The topological polar surface area (TPSA) is 60.7 Å². The van der Waals surface area contributed by atoms with E-state index in [0.29, 0.717) is 24.8 Å². The van der Waals surface area contributed by atoms with Crippen molar-refractivity contribution in [1.29, 1.82) is 0 Å². The van der Waals surface area contributed by atoms with E-state index in [2.05, 4.69) is 0 Å². The first-order valence-corrected chi connectivity index (χ1v) is 7.55. The van der Waals surface area contributed by atoms with Crippen molar-refractivity contribution in [3.63, 3.8) is 0 Å². The van der Waals surface area contributed by atoms with Gasteiger partial charge in [-0.15, -0.1) is 0 Å². The third-order valence-corrected chi connectivity index (χ3v) is 5.77. The fourth-order valence-electron chi connectivity index (χ4n) is 4.63. The first-order valence-electron chi connectivity index (χ1n) is 10.6. The smallest absolute Gasteiger partial charge is 0.115 e. The maximum absolute atomic E-state index is 10.7. The number of fused-ring (bicyclic) bond motifs is 5. The summed E-state index contributed by atoms with van der Waals surface area (Å²) in [6.45, 7) is 1.59. The van der Waals surface area contributed by atoms with Crippen LogP contribution in [0.25, 0.3) is 0 Å². The van der Waals surface area contributed by atoms with E-state index in [1.54, 1.807) is 6.92 Å². The summed E-state index contributed by atoms with van der Waals surface area (Å²) in [5.74, 6) is -1.78. The number of aliphatic hydroxyl groups is 2. The highest BCUT2D eigenvalue weighted by Gasteiger charge is 2.57. The molecule has 0 aromatic heterocycles. The monoisotopic (exact) mass is 294 g/mol. The van der Waals surface area contributed by atoms with Gasteiger partial charge in [0.1, 0.15) is 5.75 Å². The first kappa shape index (κ1) is 8.54. The second-order valence-corrected chi connectivity index (χ2v) is 6.78. The van der Waals surface area contributed by atoms with Gasteiger partial charge < -0.3 is 15.3 Å². The Bertz CT molecular complexity index is 824. The van der Waals surface area contributed by atoms with Gasteiger partial charge in [-0.3, -0.25) is 0 Å². The predicted molar refractivity (Wildman–Crippen MR) is 80.1 cm³/mol. The standard InChI is InChI=1S/C18H24O3/c1-18-7-6-13-12-5-3-11(19)8-10(12)2-4-14(13)15(18)9-16(20)17(18)21/h3,5,8,13-17,19-21H,2,4,6-7,9H2,1H3/t13?,14-,15?,16-,17-,18+/m1/s1/i3D,8D,9D2,16D,17D. The lowest BCUT2D eigenvalue weighted by molar-refractivity contribution is -0.0505. The summed E-state index contributed by atoms with van der Waals surface area (Å²) in [6, 6.07) is 1.33. The van der Waals surface area contributed by atoms with Gasteiger partial charge >= 0.3 is 0 Å².